The van der Waals surface area contributed by atoms with Gasteiger partial charge in [-0.25, -0.2) is 4.98 Å². The van der Waals surface area contributed by atoms with Gasteiger partial charge in [0.1, 0.15) is 5.82 Å². The van der Waals surface area contributed by atoms with E-state index < -0.39 is 6.04 Å². The lowest BCUT2D eigenvalue weighted by molar-refractivity contribution is -0.124. The Labute approximate surface area is 145 Å². The number of hydrogen-bond donors (Lipinski definition) is 3. The van der Waals surface area contributed by atoms with Gasteiger partial charge in [0.05, 0.1) is 6.04 Å². The highest BCUT2D eigenvalue weighted by Crippen LogP contribution is 2.17. The molecule has 0 aliphatic heterocycles. The molecule has 1 heterocycles. The highest BCUT2D eigenvalue weighted by atomic mass is 35.5. The van der Waals surface area contributed by atoms with Crippen LogP contribution in [0.5, 0.6) is 0 Å². The Morgan fingerprint density at radius 1 is 1.27 bits per heavy atom. The molecule has 7 heteroatoms. The zero-order valence-corrected chi connectivity index (χ0v) is 15.3. The molecule has 0 fully saturated rings. The van der Waals surface area contributed by atoms with Crippen molar-refractivity contribution < 1.29 is 4.79 Å². The van der Waals surface area contributed by atoms with Gasteiger partial charge in [-0.15, -0.1) is 24.8 Å². The fourth-order valence-electron chi connectivity index (χ4n) is 1.59. The maximum Gasteiger partial charge on any atom is 0.237 e. The van der Waals surface area contributed by atoms with Gasteiger partial charge < -0.3 is 16.4 Å². The van der Waals surface area contributed by atoms with Crippen LogP contribution in [-0.4, -0.2) is 30.0 Å². The third-order valence-electron chi connectivity index (χ3n) is 3.09. The van der Waals surface area contributed by atoms with E-state index in [1.54, 1.807) is 0 Å². The lowest BCUT2D eigenvalue weighted by Gasteiger charge is -2.25. The number of aryl methyl sites for hydroxylation is 1. The number of aromatic nitrogens is 1. The first-order valence-corrected chi connectivity index (χ1v) is 7.00. The molecule has 5 nitrogen and oxygen atoms in total. The second kappa shape index (κ2) is 10.6. The first-order valence-electron chi connectivity index (χ1n) is 7.00. The maximum atomic E-state index is 11.8. The fourth-order valence-corrected chi connectivity index (χ4v) is 1.59. The molecule has 1 atom stereocenters. The number of hydrogen-bond acceptors (Lipinski definition) is 4. The number of halogens is 2. The number of rotatable bonds is 6. The van der Waals surface area contributed by atoms with Gasteiger partial charge in [-0.2, -0.15) is 0 Å². The predicted octanol–water partition coefficient (Wildman–Crippen LogP) is 2.53. The summed E-state index contributed by atoms with van der Waals surface area (Å²) >= 11 is 0. The third kappa shape index (κ3) is 8.41. The van der Waals surface area contributed by atoms with Crippen LogP contribution >= 0.6 is 24.8 Å². The lowest BCUT2D eigenvalue weighted by Crippen LogP contribution is -2.48. The number of nitrogens with two attached hydrogens (primary N) is 1. The van der Waals surface area contributed by atoms with Crippen LogP contribution in [0.4, 0.5) is 5.82 Å². The highest BCUT2D eigenvalue weighted by molar-refractivity contribution is 5.85. The smallest absolute Gasteiger partial charge is 0.237 e. The summed E-state index contributed by atoms with van der Waals surface area (Å²) in [6, 6.07) is 3.48. The van der Waals surface area contributed by atoms with Crippen LogP contribution in [0.1, 0.15) is 32.8 Å². The number of carbonyl (C=O) groups is 1. The Balaban J connectivity index is 0. The average molecular weight is 351 g/mol. The van der Waals surface area contributed by atoms with Crippen molar-refractivity contribution in [1.82, 2.24) is 10.3 Å². The van der Waals surface area contributed by atoms with E-state index in [1.165, 1.54) is 0 Å². The number of pyridine rings is 1. The molecule has 1 rings (SSSR count). The quantitative estimate of drug-likeness (QED) is 0.688. The van der Waals surface area contributed by atoms with Crippen LogP contribution in [0.25, 0.3) is 0 Å². The highest BCUT2D eigenvalue weighted by Gasteiger charge is 2.26. The van der Waals surface area contributed by atoms with Gasteiger partial charge in [0.25, 0.3) is 0 Å². The summed E-state index contributed by atoms with van der Waals surface area (Å²) in [7, 11) is 0. The third-order valence-corrected chi connectivity index (χ3v) is 3.09. The molecule has 0 radical (unpaired) electrons. The Morgan fingerprint density at radius 2 is 1.91 bits per heavy atom. The molecule has 1 aromatic heterocycles. The van der Waals surface area contributed by atoms with Gasteiger partial charge in [0.2, 0.25) is 5.91 Å². The van der Waals surface area contributed by atoms with Crippen LogP contribution in [0.2, 0.25) is 0 Å². The topological polar surface area (TPSA) is 80.0 Å². The standard InChI is InChI=1S/C15H26N4O.2ClH/c1-11-6-7-12(19-10-11)17-8-5-9-18-14(20)13(16)15(2,3)4;;/h6-7,10,13H,5,8-9,16H2,1-4H3,(H,17,19)(H,18,20);2*1H/t13-;;/m1../s1. The first-order chi connectivity index (χ1) is 9.30. The number of amides is 1. The number of nitrogens with zero attached hydrogens (tertiary/aromatic N) is 1. The summed E-state index contributed by atoms with van der Waals surface area (Å²) in [4.78, 5) is 16.0. The van der Waals surface area contributed by atoms with Crippen molar-refractivity contribution in [2.24, 2.45) is 11.1 Å². The first kappa shape index (κ1) is 23.2. The van der Waals surface area contributed by atoms with Crippen molar-refractivity contribution in [2.45, 2.75) is 40.2 Å². The maximum absolute atomic E-state index is 11.8. The van der Waals surface area contributed by atoms with Gasteiger partial charge in [0, 0.05) is 19.3 Å². The molecule has 0 unspecified atom stereocenters. The van der Waals surface area contributed by atoms with Crippen molar-refractivity contribution in [3.63, 3.8) is 0 Å². The zero-order valence-electron chi connectivity index (χ0n) is 13.7. The van der Waals surface area contributed by atoms with Crippen LogP contribution < -0.4 is 16.4 Å². The molecule has 0 aliphatic carbocycles. The fraction of sp³-hybridized carbons (Fsp3) is 0.600. The molecule has 0 aromatic carbocycles. The number of anilines is 1. The van der Waals surface area contributed by atoms with E-state index in [0.717, 1.165) is 24.3 Å². The molecule has 1 aromatic rings. The van der Waals surface area contributed by atoms with E-state index in [-0.39, 0.29) is 36.1 Å². The van der Waals surface area contributed by atoms with E-state index in [9.17, 15) is 4.79 Å². The monoisotopic (exact) mass is 350 g/mol. The molecule has 4 N–H and O–H groups in total. The second-order valence-corrected chi connectivity index (χ2v) is 6.14. The molecule has 0 saturated carbocycles. The van der Waals surface area contributed by atoms with Crippen LogP contribution in [-0.2, 0) is 4.79 Å². The van der Waals surface area contributed by atoms with Gasteiger partial charge >= 0.3 is 0 Å². The largest absolute Gasteiger partial charge is 0.370 e. The van der Waals surface area contributed by atoms with E-state index >= 15 is 0 Å². The van der Waals surface area contributed by atoms with Gasteiger partial charge in [0.15, 0.2) is 0 Å². The summed E-state index contributed by atoms with van der Waals surface area (Å²) in [5.74, 6) is 0.763. The minimum absolute atomic E-state index is 0. The van der Waals surface area contributed by atoms with Crippen molar-refractivity contribution >= 4 is 36.5 Å². The van der Waals surface area contributed by atoms with E-state index in [1.807, 2.05) is 46.0 Å². The molecule has 128 valence electrons. The minimum atomic E-state index is -0.478. The molecular formula is C15H28Cl2N4O. The van der Waals surface area contributed by atoms with Crippen molar-refractivity contribution in [3.8, 4) is 0 Å². The molecule has 22 heavy (non-hydrogen) atoms. The number of nitrogens with one attached hydrogen (secondary N) is 2. The second-order valence-electron chi connectivity index (χ2n) is 6.14. The van der Waals surface area contributed by atoms with Crippen LogP contribution in [0, 0.1) is 12.3 Å². The predicted molar refractivity (Wildman–Crippen MR) is 97.0 cm³/mol. The average Bonchev–Trinajstić information content (AvgIpc) is 2.38. The normalized spacial score (nSPS) is 11.7. The molecule has 1 amide bonds. The SMILES string of the molecule is Cc1ccc(NCCCNC(=O)[C@@H](N)C(C)(C)C)nc1.Cl.Cl. The van der Waals surface area contributed by atoms with Crippen molar-refractivity contribution in [2.75, 3.05) is 18.4 Å². The Kier molecular flexibility index (Phi) is 11.2. The lowest BCUT2D eigenvalue weighted by atomic mass is 9.87. The van der Waals surface area contributed by atoms with Gasteiger partial charge in [-0.1, -0.05) is 26.8 Å². The molecule has 0 bridgehead atoms. The van der Waals surface area contributed by atoms with E-state index in [4.69, 9.17) is 5.73 Å². The van der Waals surface area contributed by atoms with Crippen LogP contribution in [0.3, 0.4) is 0 Å². The van der Waals surface area contributed by atoms with E-state index in [0.29, 0.717) is 6.54 Å². The number of carbonyl (C=O) groups excluding carboxylic acids is 1. The summed E-state index contributed by atoms with van der Waals surface area (Å²) in [6.07, 6.45) is 2.66. The zero-order chi connectivity index (χ0) is 15.2. The van der Waals surface area contributed by atoms with Gasteiger partial charge in [-0.05, 0) is 30.4 Å². The van der Waals surface area contributed by atoms with Crippen molar-refractivity contribution in [1.29, 1.82) is 0 Å². The Hall–Kier alpha value is -1.04. The molecular weight excluding hydrogens is 323 g/mol. The molecule has 0 spiro atoms. The Bertz CT molecular complexity index is 432. The summed E-state index contributed by atoms with van der Waals surface area (Å²) in [6.45, 7) is 9.26. The van der Waals surface area contributed by atoms with Crippen molar-refractivity contribution in [3.05, 3.63) is 23.9 Å². The van der Waals surface area contributed by atoms with Crippen LogP contribution in [0.15, 0.2) is 18.3 Å². The minimum Gasteiger partial charge on any atom is -0.370 e. The summed E-state index contributed by atoms with van der Waals surface area (Å²) < 4.78 is 0. The molecule has 0 aliphatic rings. The van der Waals surface area contributed by atoms with E-state index in [2.05, 4.69) is 15.6 Å². The Morgan fingerprint density at radius 3 is 2.41 bits per heavy atom. The van der Waals surface area contributed by atoms with Gasteiger partial charge in [-0.3, -0.25) is 4.79 Å². The molecule has 0 saturated heterocycles. The summed E-state index contributed by atoms with van der Waals surface area (Å²) in [5, 5.41) is 6.07. The summed E-state index contributed by atoms with van der Waals surface area (Å²) in [5.41, 5.74) is 6.80.